The van der Waals surface area contributed by atoms with Crippen LogP contribution in [0.2, 0.25) is 5.02 Å². The standard InChI is InChI=1S/C27H23ClN2O3S/c28-19-11-14-23-24(15-19)34-27(30-23)29-20-12-9-17(10-13-20)16-5-7-18(8-6-16)25(31)21-3-1-2-4-22(21)26(32)33/h5-15,21-22H,1-4H2,(H,29,30)(H,32,33)/t21?,22-/m1/s1. The molecular formula is C27H23ClN2O3S. The molecule has 1 aliphatic carbocycles. The summed E-state index contributed by atoms with van der Waals surface area (Å²) in [4.78, 5) is 29.1. The van der Waals surface area contributed by atoms with Crippen molar-refractivity contribution in [3.63, 3.8) is 0 Å². The molecular weight excluding hydrogens is 468 g/mol. The Kier molecular flexibility index (Phi) is 6.35. The monoisotopic (exact) mass is 490 g/mol. The van der Waals surface area contributed by atoms with E-state index < -0.39 is 17.8 Å². The number of hydrogen-bond donors (Lipinski definition) is 2. The van der Waals surface area contributed by atoms with Crippen LogP contribution in [-0.2, 0) is 4.79 Å². The summed E-state index contributed by atoms with van der Waals surface area (Å²) >= 11 is 7.61. The lowest BCUT2D eigenvalue weighted by atomic mass is 9.75. The van der Waals surface area contributed by atoms with Crippen LogP contribution in [0, 0.1) is 11.8 Å². The molecule has 1 heterocycles. The molecule has 2 N–H and O–H groups in total. The summed E-state index contributed by atoms with van der Waals surface area (Å²) in [5.74, 6) is -1.93. The predicted octanol–water partition coefficient (Wildman–Crippen LogP) is 7.43. The molecule has 5 rings (SSSR count). The lowest BCUT2D eigenvalue weighted by Gasteiger charge is -2.27. The van der Waals surface area contributed by atoms with Crippen LogP contribution in [0.3, 0.4) is 0 Å². The maximum atomic E-state index is 13.0. The van der Waals surface area contributed by atoms with E-state index in [2.05, 4.69) is 10.3 Å². The van der Waals surface area contributed by atoms with Gasteiger partial charge in [-0.1, -0.05) is 72.2 Å². The fourth-order valence-corrected chi connectivity index (χ4v) is 5.76. The third kappa shape index (κ3) is 4.69. The zero-order valence-corrected chi connectivity index (χ0v) is 19.9. The van der Waals surface area contributed by atoms with E-state index in [-0.39, 0.29) is 5.78 Å². The number of nitrogens with zero attached hydrogens (tertiary/aromatic N) is 1. The van der Waals surface area contributed by atoms with Gasteiger partial charge < -0.3 is 10.4 Å². The summed E-state index contributed by atoms with van der Waals surface area (Å²) < 4.78 is 1.03. The van der Waals surface area contributed by atoms with Gasteiger partial charge in [0.2, 0.25) is 0 Å². The number of Topliss-reactive ketones (excluding diaryl/α,β-unsaturated/α-hetero) is 1. The number of thiazole rings is 1. The molecule has 0 bridgehead atoms. The molecule has 1 unspecified atom stereocenters. The van der Waals surface area contributed by atoms with Crippen LogP contribution < -0.4 is 5.32 Å². The van der Waals surface area contributed by atoms with Crippen molar-refractivity contribution in [1.82, 2.24) is 4.98 Å². The molecule has 1 fully saturated rings. The van der Waals surface area contributed by atoms with Gasteiger partial charge in [0, 0.05) is 22.2 Å². The Morgan fingerprint density at radius 3 is 2.24 bits per heavy atom. The van der Waals surface area contributed by atoms with Crippen molar-refractivity contribution < 1.29 is 14.7 Å². The Hall–Kier alpha value is -3.22. The van der Waals surface area contributed by atoms with Gasteiger partial charge in [0.15, 0.2) is 10.9 Å². The minimum absolute atomic E-state index is 0.0599. The van der Waals surface area contributed by atoms with E-state index in [0.717, 1.165) is 45.0 Å². The number of rotatable bonds is 6. The number of aliphatic carboxylic acids is 1. The van der Waals surface area contributed by atoms with Crippen molar-refractivity contribution in [2.45, 2.75) is 25.7 Å². The number of nitrogens with one attached hydrogen (secondary N) is 1. The number of carboxylic acid groups (broad SMARTS) is 1. The summed E-state index contributed by atoms with van der Waals surface area (Å²) in [5.41, 5.74) is 4.44. The third-order valence-corrected chi connectivity index (χ3v) is 7.58. The fourth-order valence-electron chi connectivity index (χ4n) is 4.60. The summed E-state index contributed by atoms with van der Waals surface area (Å²) in [5, 5.41) is 14.3. The lowest BCUT2D eigenvalue weighted by Crippen LogP contribution is -2.32. The van der Waals surface area contributed by atoms with Crippen LogP contribution in [0.25, 0.3) is 21.3 Å². The SMILES string of the molecule is O=C(c1ccc(-c2ccc(Nc3nc4ccc(Cl)cc4s3)cc2)cc1)C1CCCC[C@H]1C(=O)O. The molecule has 1 aromatic heterocycles. The highest BCUT2D eigenvalue weighted by molar-refractivity contribution is 7.22. The van der Waals surface area contributed by atoms with Crippen molar-refractivity contribution >= 4 is 55.7 Å². The zero-order valence-electron chi connectivity index (χ0n) is 18.3. The Morgan fingerprint density at radius 1 is 0.912 bits per heavy atom. The third-order valence-electron chi connectivity index (χ3n) is 6.41. The van der Waals surface area contributed by atoms with Gasteiger partial charge in [0.1, 0.15) is 0 Å². The van der Waals surface area contributed by atoms with Gasteiger partial charge in [-0.3, -0.25) is 9.59 Å². The number of carbonyl (C=O) groups is 2. The van der Waals surface area contributed by atoms with Gasteiger partial charge >= 0.3 is 5.97 Å². The molecule has 172 valence electrons. The topological polar surface area (TPSA) is 79.3 Å². The van der Waals surface area contributed by atoms with E-state index in [1.54, 1.807) is 11.3 Å². The average Bonchev–Trinajstić information content (AvgIpc) is 3.25. The highest BCUT2D eigenvalue weighted by Gasteiger charge is 2.35. The number of fused-ring (bicyclic) bond motifs is 1. The molecule has 7 heteroatoms. The minimum Gasteiger partial charge on any atom is -0.481 e. The van der Waals surface area contributed by atoms with E-state index >= 15 is 0 Å². The summed E-state index contributed by atoms with van der Waals surface area (Å²) in [7, 11) is 0. The van der Waals surface area contributed by atoms with Gasteiger partial charge in [-0.15, -0.1) is 0 Å². The number of aromatic nitrogens is 1. The van der Waals surface area contributed by atoms with Crippen LogP contribution in [-0.4, -0.2) is 21.8 Å². The van der Waals surface area contributed by atoms with Gasteiger partial charge in [-0.2, -0.15) is 0 Å². The molecule has 0 spiro atoms. The van der Waals surface area contributed by atoms with Crippen molar-refractivity contribution in [3.05, 3.63) is 77.3 Å². The first-order chi connectivity index (χ1) is 16.5. The first-order valence-corrected chi connectivity index (χ1v) is 12.5. The molecule has 1 saturated carbocycles. The number of benzene rings is 3. The molecule has 1 aliphatic rings. The van der Waals surface area contributed by atoms with E-state index in [9.17, 15) is 14.7 Å². The highest BCUT2D eigenvalue weighted by Crippen LogP contribution is 2.34. The summed E-state index contributed by atoms with van der Waals surface area (Å²) in [6, 6.07) is 21.1. The number of anilines is 2. The summed E-state index contributed by atoms with van der Waals surface area (Å²) in [6.45, 7) is 0. The van der Waals surface area contributed by atoms with Crippen molar-refractivity contribution in [2.75, 3.05) is 5.32 Å². The Morgan fingerprint density at radius 2 is 1.56 bits per heavy atom. The minimum atomic E-state index is -0.863. The van der Waals surface area contributed by atoms with Crippen molar-refractivity contribution in [3.8, 4) is 11.1 Å². The number of carbonyl (C=O) groups excluding carboxylic acids is 1. The second-order valence-corrected chi connectivity index (χ2v) is 10.1. The van der Waals surface area contributed by atoms with Gasteiger partial charge in [0.25, 0.3) is 0 Å². The normalized spacial score (nSPS) is 18.0. The number of ketones is 1. The van der Waals surface area contributed by atoms with Crippen LogP contribution in [0.4, 0.5) is 10.8 Å². The molecule has 34 heavy (non-hydrogen) atoms. The average molecular weight is 491 g/mol. The quantitative estimate of drug-likeness (QED) is 0.274. The maximum Gasteiger partial charge on any atom is 0.307 e. The molecule has 3 aromatic carbocycles. The molecule has 4 aromatic rings. The Balaban J connectivity index is 1.28. The van der Waals surface area contributed by atoms with Crippen LogP contribution in [0.5, 0.6) is 0 Å². The maximum absolute atomic E-state index is 13.0. The fraction of sp³-hybridized carbons (Fsp3) is 0.222. The second kappa shape index (κ2) is 9.57. The van der Waals surface area contributed by atoms with Gasteiger partial charge in [-0.25, -0.2) is 4.98 Å². The first-order valence-electron chi connectivity index (χ1n) is 11.3. The largest absolute Gasteiger partial charge is 0.481 e. The summed E-state index contributed by atoms with van der Waals surface area (Å²) in [6.07, 6.45) is 3.00. The van der Waals surface area contributed by atoms with Crippen molar-refractivity contribution in [2.24, 2.45) is 11.8 Å². The zero-order chi connectivity index (χ0) is 23.7. The number of carboxylic acids is 1. The molecule has 0 aliphatic heterocycles. The van der Waals surface area contributed by atoms with E-state index in [4.69, 9.17) is 11.6 Å². The van der Waals surface area contributed by atoms with Gasteiger partial charge in [-0.05, 0) is 54.3 Å². The van der Waals surface area contributed by atoms with Crippen LogP contribution in [0.15, 0.2) is 66.7 Å². The van der Waals surface area contributed by atoms with Gasteiger partial charge in [0.05, 0.1) is 16.1 Å². The van der Waals surface area contributed by atoms with Crippen molar-refractivity contribution in [1.29, 1.82) is 0 Å². The highest BCUT2D eigenvalue weighted by atomic mass is 35.5. The molecule has 2 atom stereocenters. The second-order valence-electron chi connectivity index (χ2n) is 8.61. The molecule has 0 radical (unpaired) electrons. The predicted molar refractivity (Wildman–Crippen MR) is 137 cm³/mol. The molecule has 5 nitrogen and oxygen atoms in total. The lowest BCUT2D eigenvalue weighted by molar-refractivity contribution is -0.144. The number of halogens is 1. The van der Waals surface area contributed by atoms with Crippen LogP contribution >= 0.6 is 22.9 Å². The Bertz CT molecular complexity index is 1350. The van der Waals surface area contributed by atoms with Crippen LogP contribution in [0.1, 0.15) is 36.0 Å². The van der Waals surface area contributed by atoms with E-state index in [1.165, 1.54) is 0 Å². The molecule has 0 saturated heterocycles. The van der Waals surface area contributed by atoms with E-state index in [0.29, 0.717) is 23.4 Å². The molecule has 0 amide bonds. The Labute approximate surface area is 206 Å². The van der Waals surface area contributed by atoms with E-state index in [1.807, 2.05) is 66.7 Å². The first kappa shape index (κ1) is 22.6. The number of hydrogen-bond acceptors (Lipinski definition) is 5. The smallest absolute Gasteiger partial charge is 0.307 e.